The summed E-state index contributed by atoms with van der Waals surface area (Å²) in [6, 6.07) is -1.29. The number of aliphatic carboxylic acids is 1. The van der Waals surface area contributed by atoms with Gasteiger partial charge in [-0.2, -0.15) is 0 Å². The fourth-order valence-electron chi connectivity index (χ4n) is 2.83. The number of aliphatic hydroxyl groups excluding tert-OH is 2. The maximum atomic E-state index is 12.3. The van der Waals surface area contributed by atoms with Crippen LogP contribution in [0.2, 0.25) is 0 Å². The van der Waals surface area contributed by atoms with E-state index in [1.807, 2.05) is 0 Å². The Morgan fingerprint density at radius 1 is 1.26 bits per heavy atom. The van der Waals surface area contributed by atoms with E-state index in [1.54, 1.807) is 4.90 Å². The van der Waals surface area contributed by atoms with Gasteiger partial charge in [0, 0.05) is 32.7 Å². The minimum absolute atomic E-state index is 0.0365. The number of carbonyl (C=O) groups excluding carboxylic acids is 1. The fraction of sp³-hybridized carbons (Fsp3) is 0.833. The molecule has 0 bridgehead atoms. The first-order chi connectivity index (χ1) is 9.02. The van der Waals surface area contributed by atoms with Gasteiger partial charge in [-0.25, -0.2) is 9.59 Å². The number of carboxylic acid groups (broad SMARTS) is 1. The first-order valence-electron chi connectivity index (χ1n) is 6.60. The summed E-state index contributed by atoms with van der Waals surface area (Å²) >= 11 is 0. The number of urea groups is 1. The monoisotopic (exact) mass is 272 g/mol. The molecule has 2 aliphatic rings. The number of hydrogen-bond acceptors (Lipinski definition) is 4. The van der Waals surface area contributed by atoms with Gasteiger partial charge in [-0.05, 0) is 18.8 Å². The molecule has 19 heavy (non-hydrogen) atoms. The molecule has 2 unspecified atom stereocenters. The van der Waals surface area contributed by atoms with E-state index < -0.39 is 18.1 Å². The van der Waals surface area contributed by atoms with Gasteiger partial charge in [0.25, 0.3) is 0 Å². The van der Waals surface area contributed by atoms with Gasteiger partial charge >= 0.3 is 12.0 Å². The van der Waals surface area contributed by atoms with E-state index >= 15 is 0 Å². The van der Waals surface area contributed by atoms with Crippen molar-refractivity contribution >= 4 is 12.0 Å². The Morgan fingerprint density at radius 2 is 2.00 bits per heavy atom. The number of aliphatic hydroxyl groups is 2. The van der Waals surface area contributed by atoms with E-state index in [0.717, 1.165) is 12.8 Å². The molecule has 2 heterocycles. The Morgan fingerprint density at radius 3 is 2.63 bits per heavy atom. The molecule has 7 heteroatoms. The van der Waals surface area contributed by atoms with E-state index in [0.29, 0.717) is 13.1 Å². The maximum Gasteiger partial charge on any atom is 0.326 e. The van der Waals surface area contributed by atoms with Crippen molar-refractivity contribution < 1.29 is 24.9 Å². The van der Waals surface area contributed by atoms with Crippen LogP contribution in [0, 0.1) is 5.92 Å². The second-order valence-corrected chi connectivity index (χ2v) is 5.32. The first-order valence-corrected chi connectivity index (χ1v) is 6.60. The summed E-state index contributed by atoms with van der Waals surface area (Å²) in [5.74, 6) is -1.02. The van der Waals surface area contributed by atoms with E-state index in [4.69, 9.17) is 10.2 Å². The minimum Gasteiger partial charge on any atom is -0.480 e. The van der Waals surface area contributed by atoms with Crippen LogP contribution in [-0.4, -0.2) is 75.5 Å². The largest absolute Gasteiger partial charge is 0.480 e. The zero-order valence-corrected chi connectivity index (χ0v) is 10.7. The molecule has 0 aromatic carbocycles. The molecular formula is C12H20N2O5. The molecule has 0 spiro atoms. The van der Waals surface area contributed by atoms with Crippen molar-refractivity contribution in [3.8, 4) is 0 Å². The molecule has 2 saturated heterocycles. The van der Waals surface area contributed by atoms with Crippen LogP contribution in [0.3, 0.4) is 0 Å². The molecule has 0 radical (unpaired) electrons. The highest BCUT2D eigenvalue weighted by atomic mass is 16.4. The first kappa shape index (κ1) is 14.1. The number of β-amino-alcohol motifs (C(OH)–C–C–N with tert-alkyl or cyclic N) is 1. The van der Waals surface area contributed by atoms with Crippen molar-refractivity contribution in [3.63, 3.8) is 0 Å². The third-order valence-corrected chi connectivity index (χ3v) is 3.86. The summed E-state index contributed by atoms with van der Waals surface area (Å²) in [6.07, 6.45) is 0.998. The summed E-state index contributed by atoms with van der Waals surface area (Å²) < 4.78 is 0. The van der Waals surface area contributed by atoms with E-state index in [1.165, 1.54) is 4.90 Å². The van der Waals surface area contributed by atoms with Crippen molar-refractivity contribution in [3.05, 3.63) is 0 Å². The molecule has 2 aliphatic heterocycles. The van der Waals surface area contributed by atoms with Crippen LogP contribution in [0.1, 0.15) is 19.3 Å². The van der Waals surface area contributed by atoms with Crippen molar-refractivity contribution in [2.24, 2.45) is 5.92 Å². The molecule has 7 nitrogen and oxygen atoms in total. The van der Waals surface area contributed by atoms with Crippen molar-refractivity contribution in [2.75, 3.05) is 26.2 Å². The zero-order valence-electron chi connectivity index (χ0n) is 10.7. The summed E-state index contributed by atoms with van der Waals surface area (Å²) in [7, 11) is 0. The Kier molecular flexibility index (Phi) is 4.26. The Balaban J connectivity index is 2.03. The molecule has 0 aromatic rings. The molecule has 2 amide bonds. The Hall–Kier alpha value is -1.34. The second kappa shape index (κ2) is 5.75. The Bertz CT molecular complexity index is 362. The number of carboxylic acids is 1. The topological polar surface area (TPSA) is 101 Å². The smallest absolute Gasteiger partial charge is 0.326 e. The van der Waals surface area contributed by atoms with Crippen LogP contribution in [0.15, 0.2) is 0 Å². The molecule has 108 valence electrons. The predicted octanol–water partition coefficient (Wildman–Crippen LogP) is -0.669. The normalized spacial score (nSPS) is 31.6. The third-order valence-electron chi connectivity index (χ3n) is 3.86. The van der Waals surface area contributed by atoms with Gasteiger partial charge in [0.1, 0.15) is 6.04 Å². The van der Waals surface area contributed by atoms with E-state index in [-0.39, 0.29) is 31.5 Å². The predicted molar refractivity (Wildman–Crippen MR) is 65.5 cm³/mol. The Labute approximate surface area is 111 Å². The average Bonchev–Trinajstić information content (AvgIpc) is 2.80. The molecule has 0 aliphatic carbocycles. The van der Waals surface area contributed by atoms with Gasteiger partial charge < -0.3 is 25.1 Å². The summed E-state index contributed by atoms with van der Waals surface area (Å²) in [5.41, 5.74) is 0. The molecule has 0 saturated carbocycles. The average molecular weight is 272 g/mol. The molecule has 0 aromatic heterocycles. The molecule has 3 N–H and O–H groups in total. The van der Waals surface area contributed by atoms with Crippen molar-refractivity contribution in [1.29, 1.82) is 0 Å². The minimum atomic E-state index is -1.08. The molecule has 2 fully saturated rings. The van der Waals surface area contributed by atoms with Crippen molar-refractivity contribution in [2.45, 2.75) is 31.4 Å². The lowest BCUT2D eigenvalue weighted by molar-refractivity contribution is -0.141. The summed E-state index contributed by atoms with van der Waals surface area (Å²) in [6.45, 7) is 1.13. The summed E-state index contributed by atoms with van der Waals surface area (Å²) in [5, 5.41) is 27.8. The highest BCUT2D eigenvalue weighted by Gasteiger charge is 2.41. The summed E-state index contributed by atoms with van der Waals surface area (Å²) in [4.78, 5) is 26.2. The van der Waals surface area contributed by atoms with Gasteiger partial charge in [0.05, 0.1) is 6.10 Å². The highest BCUT2D eigenvalue weighted by molar-refractivity contribution is 5.83. The highest BCUT2D eigenvalue weighted by Crippen LogP contribution is 2.23. The molecule has 2 rings (SSSR count). The lowest BCUT2D eigenvalue weighted by Gasteiger charge is -2.35. The van der Waals surface area contributed by atoms with Crippen LogP contribution in [0.4, 0.5) is 4.79 Å². The van der Waals surface area contributed by atoms with Gasteiger partial charge in [0.15, 0.2) is 0 Å². The van der Waals surface area contributed by atoms with E-state index in [2.05, 4.69) is 0 Å². The number of carbonyl (C=O) groups is 2. The van der Waals surface area contributed by atoms with Gasteiger partial charge in [-0.3, -0.25) is 0 Å². The lowest BCUT2D eigenvalue weighted by atomic mass is 9.99. The molecule has 3 atom stereocenters. The van der Waals surface area contributed by atoms with E-state index in [9.17, 15) is 14.7 Å². The SMILES string of the molecule is O=C(O)[C@@H]1CC(O)CN1C(=O)N1CCCC(CO)C1. The van der Waals surface area contributed by atoms with Crippen molar-refractivity contribution in [1.82, 2.24) is 9.80 Å². The van der Waals surface area contributed by atoms with Crippen LogP contribution in [0.5, 0.6) is 0 Å². The number of piperidine rings is 1. The van der Waals surface area contributed by atoms with Crippen LogP contribution in [-0.2, 0) is 4.79 Å². The number of nitrogens with zero attached hydrogens (tertiary/aromatic N) is 2. The number of rotatable bonds is 2. The number of likely N-dealkylation sites (tertiary alicyclic amines) is 2. The quantitative estimate of drug-likeness (QED) is 0.619. The number of amides is 2. The van der Waals surface area contributed by atoms with Gasteiger partial charge in [0.2, 0.25) is 0 Å². The third kappa shape index (κ3) is 2.98. The fourth-order valence-corrected chi connectivity index (χ4v) is 2.83. The second-order valence-electron chi connectivity index (χ2n) is 5.32. The van der Waals surface area contributed by atoms with Gasteiger partial charge in [-0.15, -0.1) is 0 Å². The molecular weight excluding hydrogens is 252 g/mol. The van der Waals surface area contributed by atoms with Gasteiger partial charge in [-0.1, -0.05) is 0 Å². The standard InChI is InChI=1S/C12H20N2O5/c15-7-8-2-1-3-13(5-8)12(19)14-6-9(16)4-10(14)11(17)18/h8-10,15-16H,1-7H2,(H,17,18)/t8?,9?,10-/m0/s1. The maximum absolute atomic E-state index is 12.3. The number of hydrogen-bond donors (Lipinski definition) is 3. The van der Waals surface area contributed by atoms with Crippen LogP contribution < -0.4 is 0 Å². The lowest BCUT2D eigenvalue weighted by Crippen LogP contribution is -2.51. The van der Waals surface area contributed by atoms with Crippen LogP contribution in [0.25, 0.3) is 0 Å². The zero-order chi connectivity index (χ0) is 14.0. The van der Waals surface area contributed by atoms with Crippen LogP contribution >= 0.6 is 0 Å².